The minimum absolute atomic E-state index is 0.199. The Morgan fingerprint density at radius 2 is 1.67 bits per heavy atom. The lowest BCUT2D eigenvalue weighted by molar-refractivity contribution is -0.219. The van der Waals surface area contributed by atoms with Gasteiger partial charge in [0.25, 0.3) is 0 Å². The third-order valence-electron chi connectivity index (χ3n) is 3.75. The zero-order chi connectivity index (χ0) is 17.9. The van der Waals surface area contributed by atoms with Crippen molar-refractivity contribution in [3.63, 3.8) is 0 Å². The molecule has 0 saturated carbocycles. The van der Waals surface area contributed by atoms with E-state index in [1.807, 2.05) is 0 Å². The number of ether oxygens (including phenoxy) is 3. The summed E-state index contributed by atoms with van der Waals surface area (Å²) in [7, 11) is 4.46. The summed E-state index contributed by atoms with van der Waals surface area (Å²) in [5, 5.41) is 0. The summed E-state index contributed by atoms with van der Waals surface area (Å²) < 4.78 is 15.6. The second-order valence-corrected chi connectivity index (χ2v) is 5.32. The van der Waals surface area contributed by atoms with Crippen molar-refractivity contribution in [2.24, 2.45) is 5.92 Å². The first kappa shape index (κ1) is 20.1. The number of carbonyl (C=O) groups is 1. The summed E-state index contributed by atoms with van der Waals surface area (Å²) in [6.45, 7) is 5.77. The quantitative estimate of drug-likeness (QED) is 0.445. The number of unbranched alkanes of at least 4 members (excludes halogenated alkanes) is 1. The first-order chi connectivity index (χ1) is 11.6. The SMILES string of the molecule is CCCCC([CH]OOC(=O)c1cc(OC)c(OC)cc1OC)CC. The van der Waals surface area contributed by atoms with E-state index in [1.165, 1.54) is 27.4 Å². The van der Waals surface area contributed by atoms with Gasteiger partial charge >= 0.3 is 5.97 Å². The van der Waals surface area contributed by atoms with Crippen molar-refractivity contribution < 1.29 is 28.8 Å². The number of benzene rings is 1. The molecule has 0 aliphatic heterocycles. The molecule has 6 nitrogen and oxygen atoms in total. The van der Waals surface area contributed by atoms with E-state index in [0.29, 0.717) is 17.2 Å². The highest BCUT2D eigenvalue weighted by Gasteiger charge is 2.20. The molecule has 0 aliphatic carbocycles. The molecule has 0 bridgehead atoms. The summed E-state index contributed by atoms with van der Waals surface area (Å²) >= 11 is 0. The summed E-state index contributed by atoms with van der Waals surface area (Å²) in [5.74, 6) is 0.784. The summed E-state index contributed by atoms with van der Waals surface area (Å²) in [6, 6.07) is 3.06. The average Bonchev–Trinajstić information content (AvgIpc) is 2.62. The lowest BCUT2D eigenvalue weighted by atomic mass is 10.0. The van der Waals surface area contributed by atoms with Crippen LogP contribution in [0.4, 0.5) is 0 Å². The van der Waals surface area contributed by atoms with Crippen LogP contribution in [0.15, 0.2) is 12.1 Å². The van der Waals surface area contributed by atoms with E-state index >= 15 is 0 Å². The van der Waals surface area contributed by atoms with E-state index < -0.39 is 5.97 Å². The van der Waals surface area contributed by atoms with Crippen molar-refractivity contribution in [3.8, 4) is 17.2 Å². The van der Waals surface area contributed by atoms with Gasteiger partial charge in [-0.1, -0.05) is 33.1 Å². The number of hydrogen-bond acceptors (Lipinski definition) is 6. The maximum atomic E-state index is 12.2. The smallest absolute Gasteiger partial charge is 0.376 e. The minimum atomic E-state index is -0.658. The zero-order valence-corrected chi connectivity index (χ0v) is 15.1. The van der Waals surface area contributed by atoms with Crippen molar-refractivity contribution in [1.29, 1.82) is 0 Å². The molecular formula is C18H27O6. The fourth-order valence-corrected chi connectivity index (χ4v) is 2.22. The monoisotopic (exact) mass is 339 g/mol. The van der Waals surface area contributed by atoms with Gasteiger partial charge in [-0.3, -0.25) is 4.89 Å². The molecule has 24 heavy (non-hydrogen) atoms. The van der Waals surface area contributed by atoms with Gasteiger partial charge in [-0.25, -0.2) is 4.79 Å². The fourth-order valence-electron chi connectivity index (χ4n) is 2.22. The van der Waals surface area contributed by atoms with Crippen LogP contribution in [0.25, 0.3) is 0 Å². The highest BCUT2D eigenvalue weighted by Crippen LogP contribution is 2.35. The topological polar surface area (TPSA) is 63.2 Å². The Balaban J connectivity index is 2.73. The summed E-state index contributed by atoms with van der Waals surface area (Å²) in [4.78, 5) is 22.1. The molecule has 0 fully saturated rings. The molecule has 1 aromatic carbocycles. The van der Waals surface area contributed by atoms with Crippen molar-refractivity contribution in [2.45, 2.75) is 39.5 Å². The maximum absolute atomic E-state index is 12.2. The Morgan fingerprint density at radius 1 is 1.04 bits per heavy atom. The van der Waals surface area contributed by atoms with Crippen LogP contribution in [0, 0.1) is 12.5 Å². The van der Waals surface area contributed by atoms with Gasteiger partial charge < -0.3 is 14.2 Å². The fraction of sp³-hybridized carbons (Fsp3) is 0.556. The van der Waals surface area contributed by atoms with Crippen LogP contribution >= 0.6 is 0 Å². The molecule has 0 aliphatic rings. The molecule has 0 heterocycles. The second-order valence-electron chi connectivity index (χ2n) is 5.32. The minimum Gasteiger partial charge on any atom is -0.496 e. The van der Waals surface area contributed by atoms with Crippen molar-refractivity contribution >= 4 is 5.97 Å². The van der Waals surface area contributed by atoms with Gasteiger partial charge in [0.1, 0.15) is 17.9 Å². The highest BCUT2D eigenvalue weighted by molar-refractivity contribution is 5.93. The molecule has 135 valence electrons. The predicted molar refractivity (Wildman–Crippen MR) is 90.2 cm³/mol. The Bertz CT molecular complexity index is 514. The van der Waals surface area contributed by atoms with Gasteiger partial charge in [-0.2, -0.15) is 4.89 Å². The lowest BCUT2D eigenvalue weighted by Crippen LogP contribution is -2.10. The maximum Gasteiger partial charge on any atom is 0.376 e. The van der Waals surface area contributed by atoms with Crippen LogP contribution in [-0.4, -0.2) is 27.3 Å². The number of carbonyl (C=O) groups excluding carboxylic acids is 1. The Morgan fingerprint density at radius 3 is 2.21 bits per heavy atom. The molecular weight excluding hydrogens is 312 g/mol. The van der Waals surface area contributed by atoms with Gasteiger partial charge in [0, 0.05) is 12.1 Å². The predicted octanol–water partition coefficient (Wildman–Crippen LogP) is 4.18. The molecule has 6 heteroatoms. The van der Waals surface area contributed by atoms with E-state index in [2.05, 4.69) is 13.8 Å². The number of methoxy groups -OCH3 is 3. The van der Waals surface area contributed by atoms with Gasteiger partial charge in [-0.15, -0.1) is 0 Å². The molecule has 1 atom stereocenters. The van der Waals surface area contributed by atoms with E-state index in [4.69, 9.17) is 24.0 Å². The molecule has 0 amide bonds. The van der Waals surface area contributed by atoms with Gasteiger partial charge in [-0.05, 0) is 12.3 Å². The molecule has 0 saturated heterocycles. The lowest BCUT2D eigenvalue weighted by Gasteiger charge is -2.14. The van der Waals surface area contributed by atoms with E-state index in [9.17, 15) is 4.79 Å². The Hall–Kier alpha value is -1.95. The first-order valence-corrected chi connectivity index (χ1v) is 8.12. The standard InChI is InChI=1S/C18H27O6/c1-6-8-9-13(7-2)12-23-24-18(19)14-10-16(21-4)17(22-5)11-15(14)20-3/h10-13H,6-9H2,1-5H3. The molecule has 0 N–H and O–H groups in total. The summed E-state index contributed by atoms with van der Waals surface area (Å²) in [5.41, 5.74) is 0.199. The first-order valence-electron chi connectivity index (χ1n) is 8.12. The zero-order valence-electron chi connectivity index (χ0n) is 15.1. The highest BCUT2D eigenvalue weighted by atomic mass is 17.2. The Labute approximate surface area is 143 Å². The summed E-state index contributed by atoms with van der Waals surface area (Å²) in [6.07, 6.45) is 4.16. The van der Waals surface area contributed by atoms with Crippen molar-refractivity contribution in [3.05, 3.63) is 24.3 Å². The Kier molecular flexibility index (Phi) is 9.01. The third-order valence-corrected chi connectivity index (χ3v) is 3.75. The normalized spacial score (nSPS) is 11.7. The van der Waals surface area contributed by atoms with Crippen molar-refractivity contribution in [2.75, 3.05) is 21.3 Å². The largest absolute Gasteiger partial charge is 0.496 e. The molecule has 0 aromatic heterocycles. The van der Waals surface area contributed by atoms with Crippen LogP contribution < -0.4 is 14.2 Å². The third kappa shape index (κ3) is 5.60. The van der Waals surface area contributed by atoms with Crippen LogP contribution in [-0.2, 0) is 9.78 Å². The molecule has 1 aromatic rings. The van der Waals surface area contributed by atoms with Gasteiger partial charge in [0.05, 0.1) is 21.3 Å². The van der Waals surface area contributed by atoms with E-state index in [1.54, 1.807) is 12.7 Å². The van der Waals surface area contributed by atoms with Crippen LogP contribution in [0.3, 0.4) is 0 Å². The molecule has 0 spiro atoms. The molecule has 1 rings (SSSR count). The van der Waals surface area contributed by atoms with Gasteiger partial charge in [0.15, 0.2) is 11.5 Å². The van der Waals surface area contributed by atoms with Crippen LogP contribution in [0.5, 0.6) is 17.2 Å². The number of hydrogen-bond donors (Lipinski definition) is 0. The van der Waals surface area contributed by atoms with Crippen LogP contribution in [0.1, 0.15) is 49.9 Å². The molecule has 1 radical (unpaired) electrons. The van der Waals surface area contributed by atoms with E-state index in [-0.39, 0.29) is 11.5 Å². The van der Waals surface area contributed by atoms with E-state index in [0.717, 1.165) is 25.7 Å². The van der Waals surface area contributed by atoms with Gasteiger partial charge in [0.2, 0.25) is 0 Å². The molecule has 1 unspecified atom stereocenters. The average molecular weight is 339 g/mol. The number of rotatable bonds is 11. The second kappa shape index (κ2) is 10.8. The van der Waals surface area contributed by atoms with Crippen LogP contribution in [0.2, 0.25) is 0 Å². The van der Waals surface area contributed by atoms with Crippen molar-refractivity contribution in [1.82, 2.24) is 0 Å².